The Morgan fingerprint density at radius 3 is 2.18 bits per heavy atom. The number of amides is 1. The maximum Gasteiger partial charge on any atom is 0.222 e. The number of likely N-dealkylation sites (tertiary alicyclic amines) is 1. The number of fused-ring (bicyclic) bond motifs is 1. The summed E-state index contributed by atoms with van der Waals surface area (Å²) in [5, 5.41) is 12.0. The van der Waals surface area contributed by atoms with Gasteiger partial charge in [-0.15, -0.1) is 10.2 Å². The molecule has 6 heteroatoms. The number of pyridine rings is 1. The van der Waals surface area contributed by atoms with E-state index in [2.05, 4.69) is 49.1 Å². The number of benzene rings is 2. The molecule has 0 atom stereocenters. The number of hydrogen-bond acceptors (Lipinski definition) is 4. The summed E-state index contributed by atoms with van der Waals surface area (Å²) in [6.07, 6.45) is 4.61. The zero-order valence-corrected chi connectivity index (χ0v) is 18.7. The molecule has 0 spiro atoms. The smallest absolute Gasteiger partial charge is 0.222 e. The minimum Gasteiger partial charge on any atom is -0.345 e. The Balaban J connectivity index is 1.16. The van der Waals surface area contributed by atoms with Crippen molar-refractivity contribution in [3.8, 4) is 0 Å². The molecule has 4 aromatic rings. The fourth-order valence-electron chi connectivity index (χ4n) is 4.70. The van der Waals surface area contributed by atoms with E-state index in [1.165, 1.54) is 0 Å². The number of nitrogens with zero attached hydrogens (tertiary/aromatic N) is 4. The van der Waals surface area contributed by atoms with Gasteiger partial charge in [-0.1, -0.05) is 66.7 Å². The van der Waals surface area contributed by atoms with Gasteiger partial charge in [0.05, 0.1) is 6.04 Å². The molecule has 1 saturated heterocycles. The van der Waals surface area contributed by atoms with Gasteiger partial charge in [0.25, 0.3) is 0 Å². The van der Waals surface area contributed by atoms with Crippen LogP contribution in [0.1, 0.15) is 48.2 Å². The first-order chi connectivity index (χ1) is 16.3. The van der Waals surface area contributed by atoms with Gasteiger partial charge in [-0.05, 0) is 49.2 Å². The molecule has 1 aliphatic rings. The van der Waals surface area contributed by atoms with Crippen molar-refractivity contribution in [1.82, 2.24) is 24.8 Å². The summed E-state index contributed by atoms with van der Waals surface area (Å²) in [7, 11) is 0. The van der Waals surface area contributed by atoms with E-state index in [1.807, 2.05) is 60.8 Å². The van der Waals surface area contributed by atoms with E-state index >= 15 is 0 Å². The van der Waals surface area contributed by atoms with Gasteiger partial charge in [0, 0.05) is 25.1 Å². The van der Waals surface area contributed by atoms with Crippen molar-refractivity contribution in [1.29, 1.82) is 0 Å². The molecule has 168 valence electrons. The third kappa shape index (κ3) is 4.96. The molecule has 0 saturated carbocycles. The molecule has 33 heavy (non-hydrogen) atoms. The van der Waals surface area contributed by atoms with Crippen LogP contribution in [0.15, 0.2) is 85.1 Å². The van der Waals surface area contributed by atoms with E-state index in [1.54, 1.807) is 0 Å². The van der Waals surface area contributed by atoms with Crippen molar-refractivity contribution in [2.45, 2.75) is 31.2 Å². The molecule has 2 aromatic heterocycles. The highest BCUT2D eigenvalue weighted by atomic mass is 16.1. The Kier molecular flexibility index (Phi) is 6.44. The highest BCUT2D eigenvalue weighted by Crippen LogP contribution is 2.27. The third-order valence-corrected chi connectivity index (χ3v) is 6.52. The van der Waals surface area contributed by atoms with Gasteiger partial charge in [-0.2, -0.15) is 0 Å². The minimum atomic E-state index is -0.133. The molecule has 1 fully saturated rings. The molecule has 0 radical (unpaired) electrons. The van der Waals surface area contributed by atoms with Crippen molar-refractivity contribution in [3.63, 3.8) is 0 Å². The summed E-state index contributed by atoms with van der Waals surface area (Å²) in [4.78, 5) is 15.3. The van der Waals surface area contributed by atoms with Crippen LogP contribution in [0.5, 0.6) is 0 Å². The first-order valence-corrected chi connectivity index (χ1v) is 11.7. The van der Waals surface area contributed by atoms with E-state index in [-0.39, 0.29) is 11.9 Å². The van der Waals surface area contributed by atoms with Gasteiger partial charge in [0.2, 0.25) is 5.91 Å². The summed E-state index contributed by atoms with van der Waals surface area (Å²) in [5.74, 6) is 1.54. The van der Waals surface area contributed by atoms with Crippen LogP contribution in [-0.2, 0) is 4.79 Å². The molecule has 2 aromatic carbocycles. The van der Waals surface area contributed by atoms with Crippen molar-refractivity contribution in [2.24, 2.45) is 0 Å². The van der Waals surface area contributed by atoms with Crippen LogP contribution in [0.4, 0.5) is 0 Å². The minimum absolute atomic E-state index is 0.0817. The Morgan fingerprint density at radius 2 is 1.52 bits per heavy atom. The number of nitrogens with one attached hydrogen (secondary N) is 1. The topological polar surface area (TPSA) is 62.5 Å². The van der Waals surface area contributed by atoms with Crippen LogP contribution in [0.3, 0.4) is 0 Å². The van der Waals surface area contributed by atoms with E-state index in [0.29, 0.717) is 12.3 Å². The first-order valence-electron chi connectivity index (χ1n) is 11.7. The van der Waals surface area contributed by atoms with Crippen LogP contribution in [-0.4, -0.2) is 45.0 Å². The van der Waals surface area contributed by atoms with Crippen LogP contribution < -0.4 is 5.32 Å². The fraction of sp³-hybridized carbons (Fsp3) is 0.296. The third-order valence-electron chi connectivity index (χ3n) is 6.52. The number of carbonyl (C=O) groups excluding carboxylic acids is 1. The molecule has 3 heterocycles. The Labute approximate surface area is 194 Å². The van der Waals surface area contributed by atoms with Crippen molar-refractivity contribution >= 4 is 11.6 Å². The summed E-state index contributed by atoms with van der Waals surface area (Å²) >= 11 is 0. The second-order valence-electron chi connectivity index (χ2n) is 8.67. The highest BCUT2D eigenvalue weighted by Gasteiger charge is 2.25. The lowest BCUT2D eigenvalue weighted by Crippen LogP contribution is -2.37. The monoisotopic (exact) mass is 439 g/mol. The number of piperidine rings is 1. The number of carbonyl (C=O) groups is 1. The average molecular weight is 440 g/mol. The Hall–Kier alpha value is -3.51. The quantitative estimate of drug-likeness (QED) is 0.469. The van der Waals surface area contributed by atoms with E-state index < -0.39 is 0 Å². The first kappa shape index (κ1) is 21.3. The molecule has 1 aliphatic heterocycles. The van der Waals surface area contributed by atoms with E-state index in [9.17, 15) is 4.79 Å². The van der Waals surface area contributed by atoms with Crippen LogP contribution in [0.2, 0.25) is 0 Å². The zero-order valence-electron chi connectivity index (χ0n) is 18.7. The number of rotatable bonds is 7. The normalized spacial score (nSPS) is 15.2. The number of hydrogen-bond donors (Lipinski definition) is 1. The van der Waals surface area contributed by atoms with Gasteiger partial charge in [-0.25, -0.2) is 0 Å². The zero-order chi connectivity index (χ0) is 22.5. The SMILES string of the molecule is O=C(CCN1CCC(c2nnc3ccccn23)CC1)NC(c1ccccc1)c1ccccc1. The summed E-state index contributed by atoms with van der Waals surface area (Å²) in [5.41, 5.74) is 3.09. The second-order valence-corrected chi connectivity index (χ2v) is 8.67. The Bertz CT molecular complexity index is 1140. The Morgan fingerprint density at radius 1 is 0.879 bits per heavy atom. The van der Waals surface area contributed by atoms with Crippen molar-refractivity contribution < 1.29 is 4.79 Å². The lowest BCUT2D eigenvalue weighted by Gasteiger charge is -2.31. The van der Waals surface area contributed by atoms with Gasteiger partial charge in [-0.3, -0.25) is 9.20 Å². The predicted molar refractivity (Wildman–Crippen MR) is 129 cm³/mol. The highest BCUT2D eigenvalue weighted by molar-refractivity contribution is 5.77. The molecule has 6 nitrogen and oxygen atoms in total. The molecular formula is C27H29N5O. The molecule has 5 rings (SSSR count). The lowest BCUT2D eigenvalue weighted by atomic mass is 9.95. The standard InChI is InChI=1S/C27H29N5O/c33-25(28-26(21-9-3-1-4-10-21)22-11-5-2-6-12-22)16-20-31-18-14-23(15-19-31)27-30-29-24-13-7-8-17-32(24)27/h1-13,17,23,26H,14-16,18-20H2,(H,28,33). The average Bonchev–Trinajstić information content (AvgIpc) is 3.32. The summed E-state index contributed by atoms with van der Waals surface area (Å²) in [6, 6.07) is 26.2. The van der Waals surface area contributed by atoms with Gasteiger partial charge >= 0.3 is 0 Å². The fourth-order valence-corrected chi connectivity index (χ4v) is 4.70. The predicted octanol–water partition coefficient (Wildman–Crippen LogP) is 4.20. The van der Waals surface area contributed by atoms with Crippen molar-refractivity contribution in [3.05, 3.63) is 102 Å². The lowest BCUT2D eigenvalue weighted by molar-refractivity contribution is -0.122. The molecular weight excluding hydrogens is 410 g/mol. The van der Waals surface area contributed by atoms with Crippen molar-refractivity contribution in [2.75, 3.05) is 19.6 Å². The van der Waals surface area contributed by atoms with Crippen LogP contribution in [0.25, 0.3) is 5.65 Å². The van der Waals surface area contributed by atoms with Gasteiger partial charge in [0.1, 0.15) is 5.82 Å². The van der Waals surface area contributed by atoms with Crippen LogP contribution in [0, 0.1) is 0 Å². The maximum absolute atomic E-state index is 12.9. The molecule has 0 bridgehead atoms. The summed E-state index contributed by atoms with van der Waals surface area (Å²) in [6.45, 7) is 2.72. The molecule has 0 unspecified atom stereocenters. The molecule has 0 aliphatic carbocycles. The second kappa shape index (κ2) is 9.96. The molecule has 1 amide bonds. The van der Waals surface area contributed by atoms with E-state index in [4.69, 9.17) is 0 Å². The molecule has 1 N–H and O–H groups in total. The van der Waals surface area contributed by atoms with E-state index in [0.717, 1.165) is 55.1 Å². The maximum atomic E-state index is 12.9. The van der Waals surface area contributed by atoms with Crippen LogP contribution >= 0.6 is 0 Å². The number of aromatic nitrogens is 3. The van der Waals surface area contributed by atoms with Gasteiger partial charge in [0.15, 0.2) is 5.65 Å². The van der Waals surface area contributed by atoms with Gasteiger partial charge < -0.3 is 10.2 Å². The largest absolute Gasteiger partial charge is 0.345 e. The summed E-state index contributed by atoms with van der Waals surface area (Å²) < 4.78 is 2.10.